The van der Waals surface area contributed by atoms with E-state index in [1.54, 1.807) is 5.56 Å². The van der Waals surface area contributed by atoms with Gasteiger partial charge in [-0.3, -0.25) is 0 Å². The van der Waals surface area contributed by atoms with Crippen molar-refractivity contribution in [3.05, 3.63) is 46.5 Å². The maximum Gasteiger partial charge on any atom is -0.0273 e. The lowest BCUT2D eigenvalue weighted by Gasteiger charge is -2.15. The van der Waals surface area contributed by atoms with E-state index in [-0.39, 0.29) is 0 Å². The number of benzene rings is 1. The second kappa shape index (κ2) is 7.41. The first-order valence-corrected chi connectivity index (χ1v) is 7.25. The molecule has 0 aliphatic carbocycles. The lowest BCUT2D eigenvalue weighted by atomic mass is 9.91. The molecule has 0 fully saturated rings. The molecular formula is C18H28. The summed E-state index contributed by atoms with van der Waals surface area (Å²) in [6.45, 7) is 12.8. The van der Waals surface area contributed by atoms with Gasteiger partial charge in [0, 0.05) is 0 Å². The summed E-state index contributed by atoms with van der Waals surface area (Å²) in [6, 6.07) is 2.32. The molecule has 18 heavy (non-hydrogen) atoms. The Bertz CT molecular complexity index is 373. The van der Waals surface area contributed by atoms with Gasteiger partial charge in [-0.1, -0.05) is 25.0 Å². The Kier molecular flexibility index (Phi) is 6.18. The number of hydrogen-bond acceptors (Lipinski definition) is 0. The molecule has 100 valence electrons. The molecule has 0 amide bonds. The van der Waals surface area contributed by atoms with Crippen molar-refractivity contribution in [2.24, 2.45) is 0 Å². The molecule has 0 atom stereocenters. The fourth-order valence-electron chi connectivity index (χ4n) is 2.62. The van der Waals surface area contributed by atoms with Crippen molar-refractivity contribution in [1.29, 1.82) is 0 Å². The van der Waals surface area contributed by atoms with Gasteiger partial charge in [0.1, 0.15) is 0 Å². The molecule has 0 radical (unpaired) electrons. The van der Waals surface area contributed by atoms with E-state index in [2.05, 4.69) is 40.3 Å². The van der Waals surface area contributed by atoms with Crippen molar-refractivity contribution >= 4 is 0 Å². The highest BCUT2D eigenvalue weighted by atomic mass is 14.1. The van der Waals surface area contributed by atoms with Crippen LogP contribution in [0.4, 0.5) is 0 Å². The van der Waals surface area contributed by atoms with Crippen LogP contribution >= 0.6 is 0 Å². The molecule has 0 N–H and O–H groups in total. The highest BCUT2D eigenvalue weighted by Crippen LogP contribution is 2.23. The predicted molar refractivity (Wildman–Crippen MR) is 82.4 cm³/mol. The fourth-order valence-corrected chi connectivity index (χ4v) is 2.62. The Balaban J connectivity index is 2.54. The summed E-state index contributed by atoms with van der Waals surface area (Å²) >= 11 is 0. The van der Waals surface area contributed by atoms with Crippen LogP contribution < -0.4 is 0 Å². The van der Waals surface area contributed by atoms with Gasteiger partial charge in [-0.15, -0.1) is 6.58 Å². The molecule has 0 nitrogen and oxygen atoms in total. The van der Waals surface area contributed by atoms with Gasteiger partial charge < -0.3 is 0 Å². The smallest absolute Gasteiger partial charge is 0.0273 e. The minimum absolute atomic E-state index is 1.17. The molecular weight excluding hydrogens is 216 g/mol. The van der Waals surface area contributed by atoms with Crippen LogP contribution in [0.15, 0.2) is 18.7 Å². The molecule has 0 heterocycles. The topological polar surface area (TPSA) is 0 Å². The number of rotatable bonds is 7. The monoisotopic (exact) mass is 244 g/mol. The summed E-state index contributed by atoms with van der Waals surface area (Å²) in [6.07, 6.45) is 9.75. The average Bonchev–Trinajstić information content (AvgIpc) is 2.35. The van der Waals surface area contributed by atoms with Crippen LogP contribution in [0.2, 0.25) is 0 Å². The molecule has 0 aliphatic heterocycles. The zero-order chi connectivity index (χ0) is 13.5. The summed E-state index contributed by atoms with van der Waals surface area (Å²) in [5, 5.41) is 0. The Morgan fingerprint density at radius 3 is 2.00 bits per heavy atom. The van der Waals surface area contributed by atoms with E-state index in [0.29, 0.717) is 0 Å². The molecule has 0 saturated carbocycles. The van der Waals surface area contributed by atoms with Gasteiger partial charge >= 0.3 is 0 Å². The fraction of sp³-hybridized carbons (Fsp3) is 0.556. The van der Waals surface area contributed by atoms with Gasteiger partial charge in [-0.25, -0.2) is 0 Å². The number of allylic oxidation sites excluding steroid dienone is 1. The van der Waals surface area contributed by atoms with Crippen molar-refractivity contribution in [3.63, 3.8) is 0 Å². The average molecular weight is 244 g/mol. The van der Waals surface area contributed by atoms with Crippen molar-refractivity contribution < 1.29 is 0 Å². The molecule has 0 unspecified atom stereocenters. The minimum atomic E-state index is 1.17. The van der Waals surface area contributed by atoms with Crippen LogP contribution in [0.3, 0.4) is 0 Å². The van der Waals surface area contributed by atoms with Gasteiger partial charge in [-0.05, 0) is 81.2 Å². The molecule has 0 heteroatoms. The molecule has 1 aromatic carbocycles. The van der Waals surface area contributed by atoms with Crippen molar-refractivity contribution in [2.75, 3.05) is 0 Å². The zero-order valence-corrected chi connectivity index (χ0v) is 12.6. The standard InChI is InChI=1S/C18H28/c1-6-7-8-9-10-11-12-18-16(4)14(2)13-15(3)17(18)5/h6,13H,1,7-12H2,2-5H3. The van der Waals surface area contributed by atoms with E-state index in [4.69, 9.17) is 0 Å². The molecule has 0 bridgehead atoms. The van der Waals surface area contributed by atoms with E-state index in [0.717, 1.165) is 0 Å². The minimum Gasteiger partial charge on any atom is -0.103 e. The van der Waals surface area contributed by atoms with Crippen LogP contribution in [0.5, 0.6) is 0 Å². The van der Waals surface area contributed by atoms with E-state index in [9.17, 15) is 0 Å². The third kappa shape index (κ3) is 4.01. The van der Waals surface area contributed by atoms with Crippen LogP contribution in [0.1, 0.15) is 59.9 Å². The van der Waals surface area contributed by atoms with Gasteiger partial charge in [-0.2, -0.15) is 0 Å². The van der Waals surface area contributed by atoms with Gasteiger partial charge in [0.05, 0.1) is 0 Å². The highest BCUT2D eigenvalue weighted by Gasteiger charge is 2.07. The summed E-state index contributed by atoms with van der Waals surface area (Å²) in [7, 11) is 0. The number of hydrogen-bond donors (Lipinski definition) is 0. The molecule has 0 aromatic heterocycles. The summed E-state index contributed by atoms with van der Waals surface area (Å²) in [4.78, 5) is 0. The first kappa shape index (κ1) is 15.0. The third-order valence-electron chi connectivity index (χ3n) is 4.11. The van der Waals surface area contributed by atoms with Crippen LogP contribution in [0, 0.1) is 27.7 Å². The summed E-state index contributed by atoms with van der Waals surface area (Å²) in [5.74, 6) is 0. The van der Waals surface area contributed by atoms with E-state index >= 15 is 0 Å². The molecule has 0 saturated heterocycles. The number of aryl methyl sites for hydroxylation is 2. The first-order valence-electron chi connectivity index (χ1n) is 7.25. The quantitative estimate of drug-likeness (QED) is 0.432. The van der Waals surface area contributed by atoms with Gasteiger partial charge in [0.25, 0.3) is 0 Å². The van der Waals surface area contributed by atoms with Gasteiger partial charge in [0.2, 0.25) is 0 Å². The van der Waals surface area contributed by atoms with Crippen LogP contribution in [-0.4, -0.2) is 0 Å². The summed E-state index contributed by atoms with van der Waals surface area (Å²) < 4.78 is 0. The normalized spacial score (nSPS) is 10.7. The highest BCUT2D eigenvalue weighted by molar-refractivity contribution is 5.43. The Hall–Kier alpha value is -1.04. The largest absolute Gasteiger partial charge is 0.103 e. The second-order valence-corrected chi connectivity index (χ2v) is 5.48. The lowest BCUT2D eigenvalue weighted by molar-refractivity contribution is 0.644. The Morgan fingerprint density at radius 1 is 0.889 bits per heavy atom. The van der Waals surface area contributed by atoms with Crippen molar-refractivity contribution in [2.45, 2.75) is 66.2 Å². The molecule has 0 aliphatic rings. The maximum atomic E-state index is 3.77. The summed E-state index contributed by atoms with van der Waals surface area (Å²) in [5.41, 5.74) is 7.49. The van der Waals surface area contributed by atoms with Crippen molar-refractivity contribution in [3.8, 4) is 0 Å². The van der Waals surface area contributed by atoms with E-state index < -0.39 is 0 Å². The predicted octanol–water partition coefficient (Wildman–Crippen LogP) is 5.60. The SMILES string of the molecule is C=CCCCCCCc1c(C)c(C)cc(C)c1C. The molecule has 1 rings (SSSR count). The Morgan fingerprint density at radius 2 is 1.44 bits per heavy atom. The Labute approximate surface area is 113 Å². The molecule has 1 aromatic rings. The van der Waals surface area contributed by atoms with Crippen LogP contribution in [-0.2, 0) is 6.42 Å². The third-order valence-corrected chi connectivity index (χ3v) is 4.11. The van der Waals surface area contributed by atoms with E-state index in [1.807, 2.05) is 6.08 Å². The number of unbranched alkanes of at least 4 members (excludes halogenated alkanes) is 4. The van der Waals surface area contributed by atoms with Crippen LogP contribution in [0.25, 0.3) is 0 Å². The van der Waals surface area contributed by atoms with Gasteiger partial charge in [0.15, 0.2) is 0 Å². The van der Waals surface area contributed by atoms with Crippen molar-refractivity contribution in [1.82, 2.24) is 0 Å². The van der Waals surface area contributed by atoms with E-state index in [1.165, 1.54) is 60.8 Å². The molecule has 0 spiro atoms. The first-order chi connectivity index (χ1) is 8.57. The lowest BCUT2D eigenvalue weighted by Crippen LogP contribution is -1.99. The second-order valence-electron chi connectivity index (χ2n) is 5.48. The zero-order valence-electron chi connectivity index (χ0n) is 12.6. The maximum absolute atomic E-state index is 3.77.